The number of rotatable bonds is 1. The van der Waals surface area contributed by atoms with Gasteiger partial charge in [0.15, 0.2) is 0 Å². The van der Waals surface area contributed by atoms with Crippen LogP contribution in [0.2, 0.25) is 5.02 Å². The second-order valence-corrected chi connectivity index (χ2v) is 6.05. The standard InChI is InChI=1S/C14H16ClN3O/c1-14(2)6-5-9-12(14)17-18(13(9)16)8-3-4-11(19)10(15)7-8/h3-4,7,19H,5-6,16H2,1-2H3. The molecule has 1 aromatic carbocycles. The fraction of sp³-hybridized carbons (Fsp3) is 0.357. The summed E-state index contributed by atoms with van der Waals surface area (Å²) in [6.07, 6.45) is 2.03. The molecule has 2 aromatic rings. The molecule has 0 amide bonds. The van der Waals surface area contributed by atoms with E-state index in [2.05, 4.69) is 18.9 Å². The number of fused-ring (bicyclic) bond motifs is 1. The van der Waals surface area contributed by atoms with E-state index in [4.69, 9.17) is 17.3 Å². The molecule has 0 saturated heterocycles. The number of phenolic OH excluding ortho intramolecular Hbond substituents is 1. The van der Waals surface area contributed by atoms with E-state index in [0.29, 0.717) is 10.8 Å². The summed E-state index contributed by atoms with van der Waals surface area (Å²) in [7, 11) is 0. The van der Waals surface area contributed by atoms with E-state index in [-0.39, 0.29) is 11.2 Å². The molecular formula is C14H16ClN3O. The van der Waals surface area contributed by atoms with Crippen LogP contribution < -0.4 is 5.73 Å². The molecule has 5 heteroatoms. The minimum atomic E-state index is 0.0593. The van der Waals surface area contributed by atoms with Crippen molar-refractivity contribution in [1.29, 1.82) is 0 Å². The van der Waals surface area contributed by atoms with E-state index in [1.807, 2.05) is 0 Å². The first kappa shape index (κ1) is 12.4. The molecular weight excluding hydrogens is 262 g/mol. The van der Waals surface area contributed by atoms with Crippen LogP contribution in [-0.2, 0) is 11.8 Å². The normalized spacial score (nSPS) is 16.6. The van der Waals surface area contributed by atoms with Crippen molar-refractivity contribution in [2.75, 3.05) is 5.73 Å². The Balaban J connectivity index is 2.15. The Morgan fingerprint density at radius 3 is 2.79 bits per heavy atom. The molecule has 1 aromatic heterocycles. The Bertz CT molecular complexity index is 661. The van der Waals surface area contributed by atoms with Crippen LogP contribution in [0, 0.1) is 0 Å². The molecule has 1 aliphatic rings. The lowest BCUT2D eigenvalue weighted by Gasteiger charge is -2.15. The van der Waals surface area contributed by atoms with Crippen LogP contribution in [0.5, 0.6) is 5.75 Å². The smallest absolute Gasteiger partial charge is 0.134 e. The molecule has 0 saturated carbocycles. The molecule has 0 aliphatic heterocycles. The van der Waals surface area contributed by atoms with Crippen LogP contribution in [0.1, 0.15) is 31.5 Å². The fourth-order valence-electron chi connectivity index (χ4n) is 2.63. The summed E-state index contributed by atoms with van der Waals surface area (Å²) in [6, 6.07) is 4.98. The van der Waals surface area contributed by atoms with E-state index in [1.165, 1.54) is 0 Å². The van der Waals surface area contributed by atoms with Crippen molar-refractivity contribution in [2.24, 2.45) is 0 Å². The van der Waals surface area contributed by atoms with Gasteiger partial charge in [-0.15, -0.1) is 0 Å². The van der Waals surface area contributed by atoms with E-state index in [1.54, 1.807) is 22.9 Å². The summed E-state index contributed by atoms with van der Waals surface area (Å²) >= 11 is 5.93. The van der Waals surface area contributed by atoms with Crippen molar-refractivity contribution in [3.63, 3.8) is 0 Å². The van der Waals surface area contributed by atoms with Crippen LogP contribution in [0.15, 0.2) is 18.2 Å². The SMILES string of the molecule is CC1(C)CCc2c1nn(-c1ccc(O)c(Cl)c1)c2N. The van der Waals surface area contributed by atoms with Gasteiger partial charge in [0.2, 0.25) is 0 Å². The topological polar surface area (TPSA) is 64.1 Å². The van der Waals surface area contributed by atoms with Crippen molar-refractivity contribution in [1.82, 2.24) is 9.78 Å². The summed E-state index contributed by atoms with van der Waals surface area (Å²) in [4.78, 5) is 0. The highest BCUT2D eigenvalue weighted by Crippen LogP contribution is 2.41. The Hall–Kier alpha value is -1.68. The third-order valence-corrected chi connectivity index (χ3v) is 4.14. The Kier molecular flexibility index (Phi) is 2.54. The van der Waals surface area contributed by atoms with E-state index >= 15 is 0 Å². The number of nitrogens with two attached hydrogens (primary N) is 1. The first-order chi connectivity index (χ1) is 8.90. The molecule has 3 rings (SSSR count). The molecule has 1 heterocycles. The molecule has 0 spiro atoms. The molecule has 19 heavy (non-hydrogen) atoms. The van der Waals surface area contributed by atoms with Gasteiger partial charge >= 0.3 is 0 Å². The summed E-state index contributed by atoms with van der Waals surface area (Å²) in [5, 5.41) is 14.4. The van der Waals surface area contributed by atoms with Gasteiger partial charge in [-0.3, -0.25) is 0 Å². The number of anilines is 1. The van der Waals surface area contributed by atoms with Gasteiger partial charge in [0, 0.05) is 11.0 Å². The van der Waals surface area contributed by atoms with Crippen LogP contribution in [0.4, 0.5) is 5.82 Å². The Morgan fingerprint density at radius 1 is 1.42 bits per heavy atom. The summed E-state index contributed by atoms with van der Waals surface area (Å²) in [5.41, 5.74) is 9.22. The third-order valence-electron chi connectivity index (χ3n) is 3.84. The maximum atomic E-state index is 9.47. The molecule has 3 N–H and O–H groups in total. The predicted octanol–water partition coefficient (Wildman–Crippen LogP) is 3.04. The summed E-state index contributed by atoms with van der Waals surface area (Å²) in [6.45, 7) is 4.36. The summed E-state index contributed by atoms with van der Waals surface area (Å²) in [5.74, 6) is 0.728. The molecule has 0 unspecified atom stereocenters. The average molecular weight is 278 g/mol. The Morgan fingerprint density at radius 2 is 2.16 bits per heavy atom. The minimum Gasteiger partial charge on any atom is -0.506 e. The predicted molar refractivity (Wildman–Crippen MR) is 76.0 cm³/mol. The van der Waals surface area contributed by atoms with Gasteiger partial charge in [-0.1, -0.05) is 25.4 Å². The average Bonchev–Trinajstić information content (AvgIpc) is 2.83. The molecule has 0 radical (unpaired) electrons. The Labute approximate surface area is 116 Å². The zero-order chi connectivity index (χ0) is 13.8. The second-order valence-electron chi connectivity index (χ2n) is 5.64. The lowest BCUT2D eigenvalue weighted by Crippen LogP contribution is -2.14. The van der Waals surface area contributed by atoms with Crippen molar-refractivity contribution >= 4 is 17.4 Å². The molecule has 0 bridgehead atoms. The van der Waals surface area contributed by atoms with Gasteiger partial charge in [-0.05, 0) is 31.0 Å². The third kappa shape index (κ3) is 1.78. The van der Waals surface area contributed by atoms with Gasteiger partial charge in [-0.2, -0.15) is 5.10 Å². The van der Waals surface area contributed by atoms with E-state index < -0.39 is 0 Å². The maximum Gasteiger partial charge on any atom is 0.134 e. The van der Waals surface area contributed by atoms with Gasteiger partial charge < -0.3 is 10.8 Å². The highest BCUT2D eigenvalue weighted by molar-refractivity contribution is 6.32. The molecule has 4 nitrogen and oxygen atoms in total. The first-order valence-corrected chi connectivity index (χ1v) is 6.65. The lowest BCUT2D eigenvalue weighted by atomic mass is 9.91. The lowest BCUT2D eigenvalue weighted by molar-refractivity contribution is 0.475. The molecule has 1 aliphatic carbocycles. The van der Waals surface area contributed by atoms with Gasteiger partial charge in [0.05, 0.1) is 16.4 Å². The fourth-order valence-corrected chi connectivity index (χ4v) is 2.81. The minimum absolute atomic E-state index is 0.0593. The number of nitrogens with zero attached hydrogens (tertiary/aromatic N) is 2. The number of halogens is 1. The van der Waals surface area contributed by atoms with Gasteiger partial charge in [0.25, 0.3) is 0 Å². The van der Waals surface area contributed by atoms with Crippen LogP contribution in [-0.4, -0.2) is 14.9 Å². The zero-order valence-corrected chi connectivity index (χ0v) is 11.7. The van der Waals surface area contributed by atoms with Crippen molar-refractivity contribution in [3.05, 3.63) is 34.5 Å². The van der Waals surface area contributed by atoms with Crippen LogP contribution >= 0.6 is 11.6 Å². The van der Waals surface area contributed by atoms with Crippen molar-refractivity contribution in [3.8, 4) is 11.4 Å². The number of nitrogen functional groups attached to an aromatic ring is 1. The zero-order valence-electron chi connectivity index (χ0n) is 10.9. The van der Waals surface area contributed by atoms with Gasteiger partial charge in [-0.25, -0.2) is 4.68 Å². The molecule has 100 valence electrons. The number of phenols is 1. The first-order valence-electron chi connectivity index (χ1n) is 6.27. The molecule has 0 atom stereocenters. The van der Waals surface area contributed by atoms with Crippen LogP contribution in [0.3, 0.4) is 0 Å². The second kappa shape index (κ2) is 3.90. The van der Waals surface area contributed by atoms with Crippen LogP contribution in [0.25, 0.3) is 5.69 Å². The van der Waals surface area contributed by atoms with Gasteiger partial charge in [0.1, 0.15) is 11.6 Å². The molecule has 0 fully saturated rings. The number of benzene rings is 1. The summed E-state index contributed by atoms with van der Waals surface area (Å²) < 4.78 is 1.71. The highest BCUT2D eigenvalue weighted by atomic mass is 35.5. The van der Waals surface area contributed by atoms with E-state index in [0.717, 1.165) is 29.8 Å². The largest absolute Gasteiger partial charge is 0.506 e. The number of aromatic nitrogens is 2. The highest BCUT2D eigenvalue weighted by Gasteiger charge is 2.35. The monoisotopic (exact) mass is 277 g/mol. The quantitative estimate of drug-likeness (QED) is 0.842. The maximum absolute atomic E-state index is 9.47. The number of hydrogen-bond acceptors (Lipinski definition) is 3. The van der Waals surface area contributed by atoms with Crippen molar-refractivity contribution < 1.29 is 5.11 Å². The van der Waals surface area contributed by atoms with Crippen molar-refractivity contribution in [2.45, 2.75) is 32.1 Å². The number of hydrogen-bond donors (Lipinski definition) is 2. The van der Waals surface area contributed by atoms with E-state index in [9.17, 15) is 5.11 Å². The number of aromatic hydroxyl groups is 1.